The smallest absolute Gasteiger partial charge is 0.160 e. The molecule has 1 aromatic rings. The monoisotopic (exact) mass is 242 g/mol. The molecule has 0 spiro atoms. The first-order valence-electron chi connectivity index (χ1n) is 5.32. The minimum absolute atomic E-state index is 0.0390. The maximum absolute atomic E-state index is 10.0. The van der Waals surface area contributed by atoms with Gasteiger partial charge in [0.2, 0.25) is 0 Å². The summed E-state index contributed by atoms with van der Waals surface area (Å²) in [5, 5.41) is 28.4. The van der Waals surface area contributed by atoms with Crippen LogP contribution in [0.5, 0.6) is 11.5 Å². The predicted octanol–water partition coefficient (Wildman–Crippen LogP) is 0.832. The van der Waals surface area contributed by atoms with E-state index in [9.17, 15) is 10.2 Å². The molecule has 3 N–H and O–H groups in total. The molecule has 0 amide bonds. The van der Waals surface area contributed by atoms with Crippen molar-refractivity contribution in [2.75, 3.05) is 20.8 Å². The normalized spacial score (nSPS) is 14.4. The Morgan fingerprint density at radius 1 is 1.29 bits per heavy atom. The molecule has 0 fully saturated rings. The number of aliphatic hydroxyl groups is 2. The van der Waals surface area contributed by atoms with E-state index in [0.717, 1.165) is 0 Å². The van der Waals surface area contributed by atoms with Gasteiger partial charge in [0.15, 0.2) is 11.5 Å². The molecule has 0 bridgehead atoms. The van der Waals surface area contributed by atoms with Crippen LogP contribution < -0.4 is 4.74 Å². The predicted molar refractivity (Wildman–Crippen MR) is 62.1 cm³/mol. The van der Waals surface area contributed by atoms with Gasteiger partial charge in [0.25, 0.3) is 0 Å². The number of methoxy groups -OCH3 is 2. The molecule has 0 aliphatic heterocycles. The number of hydrogen-bond acceptors (Lipinski definition) is 5. The van der Waals surface area contributed by atoms with Crippen molar-refractivity contribution in [3.05, 3.63) is 23.8 Å². The number of phenols is 1. The first kappa shape index (κ1) is 13.8. The lowest BCUT2D eigenvalue weighted by molar-refractivity contribution is -0.0253. The molecule has 1 rings (SSSR count). The number of aliphatic hydroxyl groups excluding tert-OH is 2. The van der Waals surface area contributed by atoms with E-state index in [2.05, 4.69) is 0 Å². The molecule has 17 heavy (non-hydrogen) atoms. The fraction of sp³-hybridized carbons (Fsp3) is 0.500. The van der Waals surface area contributed by atoms with Gasteiger partial charge in [0.05, 0.1) is 13.2 Å². The third-order valence-corrected chi connectivity index (χ3v) is 2.61. The molecule has 0 radical (unpaired) electrons. The quantitative estimate of drug-likeness (QED) is 0.688. The Labute approximate surface area is 100 Å². The summed E-state index contributed by atoms with van der Waals surface area (Å²) in [7, 11) is 2.92. The summed E-state index contributed by atoms with van der Waals surface area (Å²) < 4.78 is 9.99. The van der Waals surface area contributed by atoms with E-state index in [-0.39, 0.29) is 12.4 Å². The highest BCUT2D eigenvalue weighted by Crippen LogP contribution is 2.30. The van der Waals surface area contributed by atoms with Crippen LogP contribution in [0.15, 0.2) is 18.2 Å². The molecule has 2 atom stereocenters. The first-order valence-corrected chi connectivity index (χ1v) is 5.32. The highest BCUT2D eigenvalue weighted by atomic mass is 16.5. The largest absolute Gasteiger partial charge is 0.504 e. The molecule has 0 aliphatic rings. The van der Waals surface area contributed by atoms with Gasteiger partial charge < -0.3 is 24.8 Å². The van der Waals surface area contributed by atoms with E-state index in [0.29, 0.717) is 17.7 Å². The molecule has 5 heteroatoms. The van der Waals surface area contributed by atoms with E-state index < -0.39 is 12.2 Å². The molecule has 0 unspecified atom stereocenters. The summed E-state index contributed by atoms with van der Waals surface area (Å²) in [6.07, 6.45) is -1.08. The number of hydrogen-bond donors (Lipinski definition) is 3. The van der Waals surface area contributed by atoms with Crippen molar-refractivity contribution in [2.24, 2.45) is 0 Å². The average molecular weight is 242 g/mol. The Morgan fingerprint density at radius 3 is 2.47 bits per heavy atom. The summed E-state index contributed by atoms with van der Waals surface area (Å²) >= 11 is 0. The van der Waals surface area contributed by atoms with Crippen LogP contribution in [0.25, 0.3) is 0 Å². The molecule has 96 valence electrons. The Kier molecular flexibility index (Phi) is 5.21. The van der Waals surface area contributed by atoms with Crippen molar-refractivity contribution in [1.29, 1.82) is 0 Å². The molecular weight excluding hydrogens is 224 g/mol. The van der Waals surface area contributed by atoms with Gasteiger partial charge in [-0.3, -0.25) is 0 Å². The SMILES string of the molecule is COc1ccc([C@@H](O)[C@@H](CCO)OC)cc1O. The topological polar surface area (TPSA) is 79.2 Å². The van der Waals surface area contributed by atoms with Gasteiger partial charge in [-0.05, 0) is 24.1 Å². The van der Waals surface area contributed by atoms with Crippen LogP contribution in [0.3, 0.4) is 0 Å². The molecular formula is C12H18O5. The van der Waals surface area contributed by atoms with Gasteiger partial charge in [-0.2, -0.15) is 0 Å². The number of rotatable bonds is 6. The second-order valence-corrected chi connectivity index (χ2v) is 3.66. The summed E-state index contributed by atoms with van der Waals surface area (Å²) in [6.45, 7) is -0.0717. The van der Waals surface area contributed by atoms with Gasteiger partial charge >= 0.3 is 0 Å². The van der Waals surface area contributed by atoms with Crippen LogP contribution >= 0.6 is 0 Å². The molecule has 0 heterocycles. The number of aromatic hydroxyl groups is 1. The Morgan fingerprint density at radius 2 is 2.00 bits per heavy atom. The Bertz CT molecular complexity index is 353. The van der Waals surface area contributed by atoms with Crippen LogP contribution in [-0.4, -0.2) is 42.3 Å². The minimum atomic E-state index is -0.899. The van der Waals surface area contributed by atoms with E-state index >= 15 is 0 Å². The Hall–Kier alpha value is -1.30. The van der Waals surface area contributed by atoms with Crippen molar-refractivity contribution >= 4 is 0 Å². The van der Waals surface area contributed by atoms with Gasteiger partial charge in [-0.25, -0.2) is 0 Å². The van der Waals surface area contributed by atoms with Crippen LogP contribution in [0, 0.1) is 0 Å². The van der Waals surface area contributed by atoms with Gasteiger partial charge in [0.1, 0.15) is 6.10 Å². The van der Waals surface area contributed by atoms with Crippen molar-refractivity contribution in [1.82, 2.24) is 0 Å². The highest BCUT2D eigenvalue weighted by molar-refractivity contribution is 5.42. The van der Waals surface area contributed by atoms with Crippen molar-refractivity contribution in [3.8, 4) is 11.5 Å². The third kappa shape index (κ3) is 3.33. The molecule has 0 saturated heterocycles. The zero-order valence-electron chi connectivity index (χ0n) is 9.96. The fourth-order valence-corrected chi connectivity index (χ4v) is 1.64. The lowest BCUT2D eigenvalue weighted by Gasteiger charge is -2.21. The maximum atomic E-state index is 10.0. The van der Waals surface area contributed by atoms with Crippen molar-refractivity contribution in [3.63, 3.8) is 0 Å². The van der Waals surface area contributed by atoms with Gasteiger partial charge in [0, 0.05) is 13.7 Å². The molecule has 1 aromatic carbocycles. The Balaban J connectivity index is 2.87. The lowest BCUT2D eigenvalue weighted by atomic mass is 10.0. The van der Waals surface area contributed by atoms with E-state index in [1.807, 2.05) is 0 Å². The van der Waals surface area contributed by atoms with E-state index in [1.54, 1.807) is 12.1 Å². The lowest BCUT2D eigenvalue weighted by Crippen LogP contribution is -2.22. The zero-order chi connectivity index (χ0) is 12.8. The number of benzene rings is 1. The summed E-state index contributed by atoms with van der Waals surface area (Å²) in [4.78, 5) is 0. The average Bonchev–Trinajstić information content (AvgIpc) is 2.35. The molecule has 0 saturated carbocycles. The van der Waals surface area contributed by atoms with Crippen LogP contribution in [-0.2, 0) is 4.74 Å². The zero-order valence-corrected chi connectivity index (χ0v) is 9.96. The minimum Gasteiger partial charge on any atom is -0.504 e. The van der Waals surface area contributed by atoms with Crippen molar-refractivity contribution < 1.29 is 24.8 Å². The van der Waals surface area contributed by atoms with Crippen LogP contribution in [0.4, 0.5) is 0 Å². The third-order valence-electron chi connectivity index (χ3n) is 2.61. The molecule has 5 nitrogen and oxygen atoms in total. The second-order valence-electron chi connectivity index (χ2n) is 3.66. The van der Waals surface area contributed by atoms with E-state index in [4.69, 9.17) is 14.6 Å². The number of ether oxygens (including phenoxy) is 2. The summed E-state index contributed by atoms with van der Waals surface area (Å²) in [5.41, 5.74) is 0.517. The van der Waals surface area contributed by atoms with Crippen LogP contribution in [0.2, 0.25) is 0 Å². The summed E-state index contributed by atoms with van der Waals surface area (Å²) in [5.74, 6) is 0.306. The van der Waals surface area contributed by atoms with E-state index in [1.165, 1.54) is 20.3 Å². The standard InChI is InChI=1S/C12H18O5/c1-16-10-4-3-8(7-9(10)14)12(15)11(17-2)5-6-13/h3-4,7,11-15H,5-6H2,1-2H3/t11-,12-/m1/s1. The second kappa shape index (κ2) is 6.44. The summed E-state index contributed by atoms with van der Waals surface area (Å²) in [6, 6.07) is 4.64. The number of phenolic OH excluding ortho intramolecular Hbond substituents is 1. The van der Waals surface area contributed by atoms with Gasteiger partial charge in [-0.1, -0.05) is 6.07 Å². The maximum Gasteiger partial charge on any atom is 0.160 e. The molecule has 0 aliphatic carbocycles. The van der Waals surface area contributed by atoms with Crippen molar-refractivity contribution in [2.45, 2.75) is 18.6 Å². The first-order chi connectivity index (χ1) is 8.13. The highest BCUT2D eigenvalue weighted by Gasteiger charge is 2.21. The van der Waals surface area contributed by atoms with Gasteiger partial charge in [-0.15, -0.1) is 0 Å². The molecule has 0 aromatic heterocycles. The fourth-order valence-electron chi connectivity index (χ4n) is 1.64. The van der Waals surface area contributed by atoms with Crippen LogP contribution in [0.1, 0.15) is 18.1 Å².